The molecule has 0 aromatic carbocycles. The summed E-state index contributed by atoms with van der Waals surface area (Å²) in [6, 6.07) is 0. The number of hydrogen-bond acceptors (Lipinski definition) is 2. The summed E-state index contributed by atoms with van der Waals surface area (Å²) >= 11 is 0. The monoisotopic (exact) mass is 353 g/mol. The third kappa shape index (κ3) is 5.55. The second kappa shape index (κ2) is 7.98. The van der Waals surface area contributed by atoms with Gasteiger partial charge in [-0.25, -0.2) is 0 Å². The Morgan fingerprint density at radius 2 is 1.84 bits per heavy atom. The first-order valence-electron chi connectivity index (χ1n) is 8.68. The van der Waals surface area contributed by atoms with Gasteiger partial charge in [-0.3, -0.25) is 0 Å². The summed E-state index contributed by atoms with van der Waals surface area (Å²) in [4.78, 5) is 0. The van der Waals surface area contributed by atoms with Crippen LogP contribution in [0.4, 0.5) is 13.2 Å². The molecule has 5 heteroatoms. The van der Waals surface area contributed by atoms with E-state index in [0.717, 1.165) is 24.6 Å². The van der Waals surface area contributed by atoms with Gasteiger partial charge in [0, 0.05) is 11.9 Å². The van der Waals surface area contributed by atoms with Gasteiger partial charge in [-0.05, 0) is 62.2 Å². The van der Waals surface area contributed by atoms with Crippen LogP contribution in [-0.4, -0.2) is 11.3 Å². The van der Waals surface area contributed by atoms with Gasteiger partial charge in [-0.15, -0.1) is 0 Å². The second-order valence-corrected chi connectivity index (χ2v) is 7.02. The molecule has 2 nitrogen and oxygen atoms in total. The quantitative estimate of drug-likeness (QED) is 0.560. The molecule has 0 bridgehead atoms. The fraction of sp³-hybridized carbons (Fsp3) is 0.500. The van der Waals surface area contributed by atoms with Crippen LogP contribution >= 0.6 is 0 Å². The molecule has 0 aromatic heterocycles. The summed E-state index contributed by atoms with van der Waals surface area (Å²) in [6.45, 7) is 5.74. The van der Waals surface area contributed by atoms with Crippen molar-refractivity contribution in [2.75, 3.05) is 0 Å². The number of nitrogens with one attached hydrogen (secondary N) is 1. The SMILES string of the molecule is C/C1=C/C(C)C/C=C(O)\C=C(\C2=CCC(C)C(C(F)(F)F)=CN2)CC1. The van der Waals surface area contributed by atoms with Gasteiger partial charge in [0.15, 0.2) is 0 Å². The Labute approximate surface area is 147 Å². The first-order valence-corrected chi connectivity index (χ1v) is 8.68. The van der Waals surface area contributed by atoms with Crippen LogP contribution < -0.4 is 5.32 Å². The molecule has 25 heavy (non-hydrogen) atoms. The van der Waals surface area contributed by atoms with E-state index in [1.165, 1.54) is 5.57 Å². The predicted octanol–water partition coefficient (Wildman–Crippen LogP) is 6.08. The Bertz CT molecular complexity index is 650. The number of alkyl halides is 3. The Hall–Kier alpha value is -1.91. The Kier molecular flexibility index (Phi) is 6.20. The van der Waals surface area contributed by atoms with Crippen molar-refractivity contribution in [1.82, 2.24) is 5.32 Å². The summed E-state index contributed by atoms with van der Waals surface area (Å²) < 4.78 is 39.3. The standard InChI is InChI=1S/C20H26F3NO/c1-13-4-7-16(11-17(25)8-5-14(2)10-13)19-9-6-15(3)18(12-24-19)20(21,22)23/h8-12,14-15,24-25H,4-7H2,1-3H3/b13-10-,16-11+,17-8+. The highest BCUT2D eigenvalue weighted by Crippen LogP contribution is 2.35. The minimum Gasteiger partial charge on any atom is -0.508 e. The van der Waals surface area contributed by atoms with Crippen LogP contribution in [0.15, 0.2) is 58.7 Å². The molecule has 1 heterocycles. The number of hydrogen-bond donors (Lipinski definition) is 2. The molecule has 2 N–H and O–H groups in total. The van der Waals surface area contributed by atoms with Gasteiger partial charge in [0.05, 0.1) is 5.57 Å². The average Bonchev–Trinajstić information content (AvgIpc) is 2.70. The molecule has 2 rings (SSSR count). The van der Waals surface area contributed by atoms with E-state index in [1.807, 2.05) is 0 Å². The lowest BCUT2D eigenvalue weighted by molar-refractivity contribution is -0.0984. The number of allylic oxidation sites excluding steroid dienone is 7. The smallest absolute Gasteiger partial charge is 0.414 e. The highest BCUT2D eigenvalue weighted by Gasteiger charge is 2.37. The number of aliphatic hydroxyl groups is 1. The molecule has 0 saturated heterocycles. The topological polar surface area (TPSA) is 32.3 Å². The van der Waals surface area contributed by atoms with E-state index < -0.39 is 17.7 Å². The molecule has 2 atom stereocenters. The molecule has 0 radical (unpaired) electrons. The van der Waals surface area contributed by atoms with Crippen LogP contribution in [0.2, 0.25) is 0 Å². The maximum atomic E-state index is 13.1. The van der Waals surface area contributed by atoms with E-state index in [0.29, 0.717) is 24.5 Å². The fourth-order valence-electron chi connectivity index (χ4n) is 3.16. The van der Waals surface area contributed by atoms with Gasteiger partial charge in [0.2, 0.25) is 0 Å². The van der Waals surface area contributed by atoms with Gasteiger partial charge >= 0.3 is 6.18 Å². The van der Waals surface area contributed by atoms with Crippen molar-refractivity contribution in [2.45, 2.75) is 52.6 Å². The third-order valence-corrected chi connectivity index (χ3v) is 4.64. The second-order valence-electron chi connectivity index (χ2n) is 7.02. The molecule has 2 aliphatic rings. The zero-order valence-electron chi connectivity index (χ0n) is 15.0. The van der Waals surface area contributed by atoms with Crippen LogP contribution in [-0.2, 0) is 0 Å². The Morgan fingerprint density at radius 1 is 1.12 bits per heavy atom. The maximum Gasteiger partial charge on any atom is 0.414 e. The van der Waals surface area contributed by atoms with Crippen LogP contribution in [0.1, 0.15) is 46.5 Å². The molecule has 0 fully saturated rings. The lowest BCUT2D eigenvalue weighted by Gasteiger charge is -2.16. The van der Waals surface area contributed by atoms with Crippen LogP contribution in [0, 0.1) is 11.8 Å². The molecular formula is C20H26F3NO. The minimum absolute atomic E-state index is 0.162. The molecule has 0 spiro atoms. The summed E-state index contributed by atoms with van der Waals surface area (Å²) in [7, 11) is 0. The summed E-state index contributed by atoms with van der Waals surface area (Å²) in [5.74, 6) is -0.0861. The molecule has 2 unspecified atom stereocenters. The molecule has 1 aliphatic carbocycles. The minimum atomic E-state index is -4.34. The van der Waals surface area contributed by atoms with Crippen LogP contribution in [0.5, 0.6) is 0 Å². The molecular weight excluding hydrogens is 327 g/mol. The van der Waals surface area contributed by atoms with Crippen molar-refractivity contribution in [3.05, 3.63) is 58.7 Å². The number of halogens is 3. The van der Waals surface area contributed by atoms with Crippen LogP contribution in [0.25, 0.3) is 0 Å². The molecule has 0 saturated carbocycles. The van der Waals surface area contributed by atoms with E-state index >= 15 is 0 Å². The van der Waals surface area contributed by atoms with Crippen molar-refractivity contribution in [1.29, 1.82) is 0 Å². The Morgan fingerprint density at radius 3 is 2.52 bits per heavy atom. The summed E-state index contributed by atoms with van der Waals surface area (Å²) in [5.41, 5.74) is 2.17. The molecule has 0 amide bonds. The van der Waals surface area contributed by atoms with Crippen LogP contribution in [0.3, 0.4) is 0 Å². The normalized spacial score (nSPS) is 32.5. The molecule has 1 aliphatic heterocycles. The lowest BCUT2D eigenvalue weighted by Crippen LogP contribution is -2.19. The molecule has 138 valence electrons. The van der Waals surface area contributed by atoms with E-state index in [1.54, 1.807) is 25.2 Å². The zero-order chi connectivity index (χ0) is 18.6. The van der Waals surface area contributed by atoms with Gasteiger partial charge in [0.1, 0.15) is 5.76 Å². The van der Waals surface area contributed by atoms with E-state index in [9.17, 15) is 18.3 Å². The van der Waals surface area contributed by atoms with Crippen molar-refractivity contribution in [2.24, 2.45) is 11.8 Å². The van der Waals surface area contributed by atoms with Gasteiger partial charge in [0.25, 0.3) is 0 Å². The highest BCUT2D eigenvalue weighted by atomic mass is 19.4. The average molecular weight is 353 g/mol. The van der Waals surface area contributed by atoms with Crippen molar-refractivity contribution >= 4 is 0 Å². The first kappa shape index (κ1) is 19.4. The third-order valence-electron chi connectivity index (χ3n) is 4.64. The van der Waals surface area contributed by atoms with Gasteiger partial charge < -0.3 is 10.4 Å². The van der Waals surface area contributed by atoms with Crippen molar-refractivity contribution in [3.8, 4) is 0 Å². The number of rotatable bonds is 1. The van der Waals surface area contributed by atoms with Gasteiger partial charge in [-0.2, -0.15) is 13.2 Å². The largest absolute Gasteiger partial charge is 0.508 e. The highest BCUT2D eigenvalue weighted by molar-refractivity contribution is 5.38. The van der Waals surface area contributed by atoms with Gasteiger partial charge in [-0.1, -0.05) is 31.6 Å². The van der Waals surface area contributed by atoms with Crippen molar-refractivity contribution < 1.29 is 18.3 Å². The Balaban J connectivity index is 2.30. The predicted molar refractivity (Wildman–Crippen MR) is 94.7 cm³/mol. The first-order chi connectivity index (χ1) is 11.7. The zero-order valence-corrected chi connectivity index (χ0v) is 15.0. The maximum absolute atomic E-state index is 13.1. The lowest BCUT2D eigenvalue weighted by atomic mass is 9.95. The fourth-order valence-corrected chi connectivity index (χ4v) is 3.16. The van der Waals surface area contributed by atoms with Crippen molar-refractivity contribution in [3.63, 3.8) is 0 Å². The molecule has 0 aromatic rings. The van der Waals surface area contributed by atoms with E-state index in [4.69, 9.17) is 0 Å². The summed E-state index contributed by atoms with van der Waals surface area (Å²) in [5, 5.41) is 13.0. The van der Waals surface area contributed by atoms with E-state index in [2.05, 4.69) is 25.2 Å². The summed E-state index contributed by atoms with van der Waals surface area (Å²) in [6.07, 6.45) is 6.65. The number of aliphatic hydroxyl groups excluding tert-OH is 1. The van der Waals surface area contributed by atoms with E-state index in [-0.39, 0.29) is 5.76 Å².